The van der Waals surface area contributed by atoms with E-state index in [1.165, 1.54) is 12.4 Å². The number of imidazole rings is 1. The lowest BCUT2D eigenvalue weighted by Crippen LogP contribution is -1.67. The molecule has 1 aromatic heterocycles. The fourth-order valence-corrected chi connectivity index (χ4v) is 0.938. The van der Waals surface area contributed by atoms with Crippen LogP contribution in [0.3, 0.4) is 0 Å². The molecule has 2 rings (SSSR count). The number of H-pyrrole nitrogens is 1. The van der Waals surface area contributed by atoms with Crippen LogP contribution >= 0.6 is 0 Å². The number of benzene rings is 1. The van der Waals surface area contributed by atoms with Crippen LogP contribution in [0, 0.1) is 0 Å². The van der Waals surface area contributed by atoms with Gasteiger partial charge in [0.2, 0.25) is 5.75 Å². The highest BCUT2D eigenvalue weighted by atomic mass is 16.3. The van der Waals surface area contributed by atoms with E-state index in [4.69, 9.17) is 0 Å². The highest BCUT2D eigenvalue weighted by molar-refractivity contribution is 5.80. The summed E-state index contributed by atoms with van der Waals surface area (Å²) in [6.45, 7) is 0. The summed E-state index contributed by atoms with van der Waals surface area (Å²) in [6, 6.07) is 5.04. The predicted octanol–water partition coefficient (Wildman–Crippen LogP) is 1.71. The fourth-order valence-electron chi connectivity index (χ4n) is 0.938. The van der Waals surface area contributed by atoms with E-state index in [1.807, 2.05) is 6.07 Å². The van der Waals surface area contributed by atoms with Gasteiger partial charge in [0.05, 0.1) is 11.8 Å². The van der Waals surface area contributed by atoms with Crippen LogP contribution in [0.2, 0.25) is 0 Å². The molecule has 3 heteroatoms. The molecule has 0 saturated heterocycles. The summed E-state index contributed by atoms with van der Waals surface area (Å²) < 4.78 is 0. The second kappa shape index (κ2) is 1.73. The number of nitrogens with one attached hydrogen (secondary N) is 1. The van der Waals surface area contributed by atoms with E-state index in [9.17, 15) is 5.11 Å². The molecule has 3 nitrogen and oxygen atoms in total. The summed E-state index contributed by atoms with van der Waals surface area (Å²) in [5.41, 5.74) is 1.31. The van der Waals surface area contributed by atoms with Gasteiger partial charge in [-0.05, 0) is 12.1 Å². The molecule has 2 aromatic rings. The molecule has 1 N–H and O–H groups in total. The van der Waals surface area contributed by atoms with Gasteiger partial charge in [-0.3, -0.25) is 5.11 Å². The van der Waals surface area contributed by atoms with Gasteiger partial charge in [-0.25, -0.2) is 4.98 Å². The Bertz CT molecular complexity index is 353. The van der Waals surface area contributed by atoms with Crippen molar-refractivity contribution in [3.8, 4) is 5.75 Å². The molecule has 0 spiro atoms. The minimum Gasteiger partial charge on any atom is -0.344 e. The molecule has 49 valence electrons. The molecular formula is C7H5N2O. The predicted molar refractivity (Wildman–Crippen MR) is 36.2 cm³/mol. The lowest BCUT2D eigenvalue weighted by atomic mass is 10.3. The third-order valence-corrected chi connectivity index (χ3v) is 1.41. The maximum Gasteiger partial charge on any atom is 0.206 e. The van der Waals surface area contributed by atoms with Gasteiger partial charge in [0.25, 0.3) is 0 Å². The van der Waals surface area contributed by atoms with Crippen molar-refractivity contribution in [3.05, 3.63) is 24.5 Å². The number of nitrogens with zero attached hydrogens (tertiary/aromatic N) is 1. The van der Waals surface area contributed by atoms with Gasteiger partial charge >= 0.3 is 0 Å². The number of aromatic nitrogens is 2. The quantitative estimate of drug-likeness (QED) is 0.584. The minimum atomic E-state index is -0.0289. The summed E-state index contributed by atoms with van der Waals surface area (Å²) in [7, 11) is 0. The highest BCUT2D eigenvalue weighted by Gasteiger charge is 2.00. The van der Waals surface area contributed by atoms with E-state index in [0.717, 1.165) is 5.52 Å². The number of hydrogen-bond donors (Lipinski definition) is 1. The molecular weight excluding hydrogens is 128 g/mol. The van der Waals surface area contributed by atoms with E-state index < -0.39 is 0 Å². The molecule has 1 heterocycles. The third-order valence-electron chi connectivity index (χ3n) is 1.41. The number of rotatable bonds is 0. The Morgan fingerprint density at radius 1 is 1.40 bits per heavy atom. The first kappa shape index (κ1) is 5.29. The topological polar surface area (TPSA) is 48.6 Å². The molecule has 0 amide bonds. The number of hydrogen-bond acceptors (Lipinski definition) is 1. The maximum absolute atomic E-state index is 11.0. The third kappa shape index (κ3) is 0.572. The van der Waals surface area contributed by atoms with Gasteiger partial charge in [0.15, 0.2) is 0 Å². The molecule has 0 atom stereocenters. The number of para-hydroxylation sites is 1. The molecule has 10 heavy (non-hydrogen) atoms. The lowest BCUT2D eigenvalue weighted by molar-refractivity contribution is 0.359. The Labute approximate surface area is 57.3 Å². The number of aromatic amines is 1. The summed E-state index contributed by atoms with van der Waals surface area (Å²) in [5.74, 6) is -0.0289. The molecule has 1 aromatic carbocycles. The average molecular weight is 133 g/mol. The van der Waals surface area contributed by atoms with Crippen molar-refractivity contribution in [2.45, 2.75) is 0 Å². The molecule has 0 unspecified atom stereocenters. The van der Waals surface area contributed by atoms with Crippen molar-refractivity contribution in [2.75, 3.05) is 0 Å². The Hall–Kier alpha value is -1.51. The van der Waals surface area contributed by atoms with Gasteiger partial charge < -0.3 is 4.98 Å². The van der Waals surface area contributed by atoms with Crippen molar-refractivity contribution in [1.29, 1.82) is 0 Å². The van der Waals surface area contributed by atoms with Crippen LogP contribution in [0.4, 0.5) is 0 Å². The largest absolute Gasteiger partial charge is 0.344 e. The Morgan fingerprint density at radius 3 is 3.10 bits per heavy atom. The summed E-state index contributed by atoms with van der Waals surface area (Å²) in [6.07, 6.45) is 1.52. The first-order chi connectivity index (χ1) is 4.88. The summed E-state index contributed by atoms with van der Waals surface area (Å²) in [5, 5.41) is 11.0. The van der Waals surface area contributed by atoms with Crippen LogP contribution in [0.15, 0.2) is 24.5 Å². The molecule has 0 fully saturated rings. The lowest BCUT2D eigenvalue weighted by Gasteiger charge is -1.86. The highest BCUT2D eigenvalue weighted by Crippen LogP contribution is 2.20. The zero-order chi connectivity index (χ0) is 6.97. The van der Waals surface area contributed by atoms with Gasteiger partial charge in [-0.15, -0.1) is 0 Å². The zero-order valence-corrected chi connectivity index (χ0v) is 5.16. The van der Waals surface area contributed by atoms with Crippen LogP contribution in [0.25, 0.3) is 11.0 Å². The van der Waals surface area contributed by atoms with Crippen LogP contribution < -0.4 is 0 Å². The van der Waals surface area contributed by atoms with Crippen LogP contribution in [-0.2, 0) is 5.11 Å². The van der Waals surface area contributed by atoms with Crippen molar-refractivity contribution in [1.82, 2.24) is 9.97 Å². The van der Waals surface area contributed by atoms with Crippen molar-refractivity contribution in [2.24, 2.45) is 0 Å². The molecule has 0 aliphatic heterocycles. The average Bonchev–Trinajstić information content (AvgIpc) is 2.36. The van der Waals surface area contributed by atoms with E-state index >= 15 is 0 Å². The minimum absolute atomic E-state index is 0.0289. The zero-order valence-electron chi connectivity index (χ0n) is 5.16. The van der Waals surface area contributed by atoms with E-state index in [0.29, 0.717) is 5.52 Å². The fraction of sp³-hybridized carbons (Fsp3) is 0. The van der Waals surface area contributed by atoms with Crippen LogP contribution in [0.5, 0.6) is 5.75 Å². The SMILES string of the molecule is [O]c1cccc2[nH]cnc12. The molecule has 0 aliphatic carbocycles. The second-order valence-electron chi connectivity index (χ2n) is 2.05. The van der Waals surface area contributed by atoms with Gasteiger partial charge in [0.1, 0.15) is 5.52 Å². The van der Waals surface area contributed by atoms with Crippen LogP contribution in [0.1, 0.15) is 0 Å². The van der Waals surface area contributed by atoms with Crippen LogP contribution in [-0.4, -0.2) is 9.97 Å². The summed E-state index contributed by atoms with van der Waals surface area (Å²) >= 11 is 0. The Morgan fingerprint density at radius 2 is 2.30 bits per heavy atom. The van der Waals surface area contributed by atoms with Crippen molar-refractivity contribution < 1.29 is 5.11 Å². The molecule has 1 radical (unpaired) electrons. The van der Waals surface area contributed by atoms with Gasteiger partial charge in [-0.2, -0.15) is 0 Å². The molecule has 0 aliphatic rings. The monoisotopic (exact) mass is 133 g/mol. The first-order valence-corrected chi connectivity index (χ1v) is 2.97. The van der Waals surface area contributed by atoms with E-state index in [1.54, 1.807) is 6.07 Å². The normalized spacial score (nSPS) is 10.4. The second-order valence-corrected chi connectivity index (χ2v) is 2.05. The molecule has 0 saturated carbocycles. The Balaban J connectivity index is 2.95. The number of fused-ring (bicyclic) bond motifs is 1. The first-order valence-electron chi connectivity index (χ1n) is 2.97. The Kier molecular flexibility index (Phi) is 0.917. The van der Waals surface area contributed by atoms with E-state index in [2.05, 4.69) is 9.97 Å². The van der Waals surface area contributed by atoms with E-state index in [-0.39, 0.29) is 5.75 Å². The maximum atomic E-state index is 11.0. The van der Waals surface area contributed by atoms with Crippen molar-refractivity contribution in [3.63, 3.8) is 0 Å². The van der Waals surface area contributed by atoms with Crippen molar-refractivity contribution >= 4 is 11.0 Å². The molecule has 0 bridgehead atoms. The summed E-state index contributed by atoms with van der Waals surface area (Å²) in [4.78, 5) is 6.70. The van der Waals surface area contributed by atoms with Gasteiger partial charge in [-0.1, -0.05) is 6.07 Å². The smallest absolute Gasteiger partial charge is 0.206 e. The van der Waals surface area contributed by atoms with Gasteiger partial charge in [0, 0.05) is 0 Å². The standard InChI is InChI=1S/C7H5N2O/c10-6-3-1-2-5-7(6)9-4-8-5/h1-4H,(H,8,9).